The molecular weight excluding hydrogens is 246 g/mol. The molecule has 0 aliphatic rings. The van der Waals surface area contributed by atoms with Gasteiger partial charge >= 0.3 is 0 Å². The number of nitrogens with zero attached hydrogens (tertiary/aromatic N) is 1. The molecule has 0 spiro atoms. The normalized spacial score (nSPS) is 12.4. The Morgan fingerprint density at radius 2 is 1.74 bits per heavy atom. The van der Waals surface area contributed by atoms with E-state index in [-0.39, 0.29) is 6.04 Å². The van der Waals surface area contributed by atoms with Crippen LogP contribution in [0.3, 0.4) is 0 Å². The van der Waals surface area contributed by atoms with E-state index in [9.17, 15) is 0 Å². The molecule has 1 aromatic carbocycles. The molecule has 1 atom stereocenters. The quantitative estimate of drug-likeness (QED) is 0.713. The molecule has 1 unspecified atom stereocenters. The minimum atomic E-state index is -0.0650. The van der Waals surface area contributed by atoms with Gasteiger partial charge < -0.3 is 19.9 Å². The van der Waals surface area contributed by atoms with Gasteiger partial charge in [0.1, 0.15) is 0 Å². The summed E-state index contributed by atoms with van der Waals surface area (Å²) in [5.41, 5.74) is 9.99. The summed E-state index contributed by atoms with van der Waals surface area (Å²) in [6.07, 6.45) is 0. The summed E-state index contributed by atoms with van der Waals surface area (Å²) < 4.78 is 16.1. The first-order chi connectivity index (χ1) is 9.08. The molecule has 0 aromatic heterocycles. The second kappa shape index (κ2) is 7.18. The molecule has 1 aromatic rings. The summed E-state index contributed by atoms with van der Waals surface area (Å²) in [4.78, 5) is 0. The van der Waals surface area contributed by atoms with Crippen molar-refractivity contribution in [2.45, 2.75) is 6.04 Å². The molecule has 0 bridgehead atoms. The summed E-state index contributed by atoms with van der Waals surface area (Å²) >= 11 is 0. The van der Waals surface area contributed by atoms with Crippen molar-refractivity contribution in [2.24, 2.45) is 5.73 Å². The van der Waals surface area contributed by atoms with Crippen molar-refractivity contribution >= 4 is 0 Å². The summed E-state index contributed by atoms with van der Waals surface area (Å²) in [7, 11) is 8.60. The van der Waals surface area contributed by atoms with E-state index in [1.54, 1.807) is 21.3 Å². The summed E-state index contributed by atoms with van der Waals surface area (Å²) in [5, 5.41) is 1.85. The molecule has 0 amide bonds. The molecule has 0 fully saturated rings. The third kappa shape index (κ3) is 3.50. The third-order valence-corrected chi connectivity index (χ3v) is 2.76. The SMILES string of the molecule is COc1ccc(C(CN)NN(C)C)c(OC)c1OC. The highest BCUT2D eigenvalue weighted by Crippen LogP contribution is 2.41. The van der Waals surface area contributed by atoms with Crippen molar-refractivity contribution in [1.29, 1.82) is 0 Å². The zero-order valence-corrected chi connectivity index (χ0v) is 12.2. The van der Waals surface area contributed by atoms with Gasteiger partial charge in [-0.25, -0.2) is 10.4 Å². The van der Waals surface area contributed by atoms with E-state index >= 15 is 0 Å². The molecule has 19 heavy (non-hydrogen) atoms. The molecule has 108 valence electrons. The van der Waals surface area contributed by atoms with Gasteiger partial charge in [0, 0.05) is 26.2 Å². The molecule has 0 heterocycles. The van der Waals surface area contributed by atoms with E-state index < -0.39 is 0 Å². The van der Waals surface area contributed by atoms with Crippen molar-refractivity contribution in [1.82, 2.24) is 10.4 Å². The number of benzene rings is 1. The fourth-order valence-electron chi connectivity index (χ4n) is 1.96. The highest BCUT2D eigenvalue weighted by molar-refractivity contribution is 5.56. The minimum Gasteiger partial charge on any atom is -0.493 e. The van der Waals surface area contributed by atoms with E-state index in [2.05, 4.69) is 5.43 Å². The zero-order chi connectivity index (χ0) is 14.4. The topological polar surface area (TPSA) is 69.0 Å². The Balaban J connectivity index is 3.26. The van der Waals surface area contributed by atoms with Crippen LogP contribution in [0.25, 0.3) is 0 Å². The van der Waals surface area contributed by atoms with Gasteiger partial charge in [-0.15, -0.1) is 0 Å². The van der Waals surface area contributed by atoms with Crippen LogP contribution in [0.2, 0.25) is 0 Å². The lowest BCUT2D eigenvalue weighted by atomic mass is 10.0. The summed E-state index contributed by atoms with van der Waals surface area (Å²) in [6, 6.07) is 3.70. The van der Waals surface area contributed by atoms with Crippen LogP contribution in [0.4, 0.5) is 0 Å². The molecule has 3 N–H and O–H groups in total. The van der Waals surface area contributed by atoms with E-state index in [1.165, 1.54) is 0 Å². The van der Waals surface area contributed by atoms with Crippen molar-refractivity contribution < 1.29 is 14.2 Å². The Morgan fingerprint density at radius 3 is 2.16 bits per heavy atom. The van der Waals surface area contributed by atoms with Crippen LogP contribution in [0.15, 0.2) is 12.1 Å². The number of nitrogens with two attached hydrogens (primary N) is 1. The van der Waals surface area contributed by atoms with Crippen molar-refractivity contribution in [3.63, 3.8) is 0 Å². The average Bonchev–Trinajstić information content (AvgIpc) is 2.42. The third-order valence-electron chi connectivity index (χ3n) is 2.76. The fourth-order valence-corrected chi connectivity index (χ4v) is 1.96. The second-order valence-electron chi connectivity index (χ2n) is 4.24. The highest BCUT2D eigenvalue weighted by atomic mass is 16.5. The maximum absolute atomic E-state index is 5.82. The van der Waals surface area contributed by atoms with Gasteiger partial charge in [-0.05, 0) is 12.1 Å². The lowest BCUT2D eigenvalue weighted by Gasteiger charge is -2.25. The molecule has 1 rings (SSSR count). The number of hydrazine groups is 1. The van der Waals surface area contributed by atoms with E-state index in [1.807, 2.05) is 31.2 Å². The first-order valence-corrected chi connectivity index (χ1v) is 6.01. The predicted octanol–water partition coefficient (Wildman–Crippen LogP) is 0.778. The Labute approximate surface area is 114 Å². The van der Waals surface area contributed by atoms with Crippen molar-refractivity contribution in [3.05, 3.63) is 17.7 Å². The smallest absolute Gasteiger partial charge is 0.203 e. The van der Waals surface area contributed by atoms with Gasteiger partial charge in [-0.3, -0.25) is 0 Å². The lowest BCUT2D eigenvalue weighted by Crippen LogP contribution is -2.38. The average molecular weight is 269 g/mol. The molecule has 6 heteroatoms. The van der Waals surface area contributed by atoms with Crippen molar-refractivity contribution in [3.8, 4) is 17.2 Å². The van der Waals surface area contributed by atoms with Crippen LogP contribution >= 0.6 is 0 Å². The van der Waals surface area contributed by atoms with E-state index in [4.69, 9.17) is 19.9 Å². The number of ether oxygens (including phenoxy) is 3. The fraction of sp³-hybridized carbons (Fsp3) is 0.538. The van der Waals surface area contributed by atoms with Crippen molar-refractivity contribution in [2.75, 3.05) is 42.0 Å². The monoisotopic (exact) mass is 269 g/mol. The van der Waals surface area contributed by atoms with E-state index in [0.29, 0.717) is 23.8 Å². The Hall–Kier alpha value is -1.50. The standard InChI is InChI=1S/C13H23N3O3/c1-16(2)15-10(8-14)9-6-7-11(17-3)13(19-5)12(9)18-4/h6-7,10,15H,8,14H2,1-5H3. The number of rotatable bonds is 7. The maximum atomic E-state index is 5.82. The second-order valence-corrected chi connectivity index (χ2v) is 4.24. The number of hydrogen-bond acceptors (Lipinski definition) is 6. The Bertz CT molecular complexity index is 410. The van der Waals surface area contributed by atoms with Crippen LogP contribution in [-0.4, -0.2) is 47.0 Å². The first kappa shape index (κ1) is 15.6. The number of nitrogens with one attached hydrogen (secondary N) is 1. The summed E-state index contributed by atoms with van der Waals surface area (Å²) in [5.74, 6) is 1.83. The first-order valence-electron chi connectivity index (χ1n) is 6.01. The molecule has 0 aliphatic heterocycles. The minimum absolute atomic E-state index is 0.0650. The van der Waals surface area contributed by atoms with Crippen LogP contribution in [0.1, 0.15) is 11.6 Å². The molecule has 6 nitrogen and oxygen atoms in total. The molecule has 0 saturated carbocycles. The zero-order valence-electron chi connectivity index (χ0n) is 12.2. The largest absolute Gasteiger partial charge is 0.493 e. The van der Waals surface area contributed by atoms with Gasteiger partial charge in [0.05, 0.1) is 27.4 Å². The van der Waals surface area contributed by atoms with Crippen LogP contribution in [-0.2, 0) is 0 Å². The van der Waals surface area contributed by atoms with Gasteiger partial charge in [-0.2, -0.15) is 0 Å². The molecule has 0 saturated heterocycles. The van der Waals surface area contributed by atoms with Gasteiger partial charge in [0.25, 0.3) is 0 Å². The van der Waals surface area contributed by atoms with Gasteiger partial charge in [0.15, 0.2) is 11.5 Å². The Morgan fingerprint density at radius 1 is 1.11 bits per heavy atom. The molecular formula is C13H23N3O3. The maximum Gasteiger partial charge on any atom is 0.203 e. The highest BCUT2D eigenvalue weighted by Gasteiger charge is 2.21. The van der Waals surface area contributed by atoms with Crippen LogP contribution in [0, 0.1) is 0 Å². The Kier molecular flexibility index (Phi) is 5.88. The van der Waals surface area contributed by atoms with Crippen LogP contribution < -0.4 is 25.4 Å². The summed E-state index contributed by atoms with van der Waals surface area (Å²) in [6.45, 7) is 0.435. The van der Waals surface area contributed by atoms with Crippen LogP contribution in [0.5, 0.6) is 17.2 Å². The number of methoxy groups -OCH3 is 3. The lowest BCUT2D eigenvalue weighted by molar-refractivity contribution is 0.240. The predicted molar refractivity (Wildman–Crippen MR) is 74.7 cm³/mol. The van der Waals surface area contributed by atoms with Gasteiger partial charge in [-0.1, -0.05) is 0 Å². The van der Waals surface area contributed by atoms with Gasteiger partial charge in [0.2, 0.25) is 5.75 Å². The van der Waals surface area contributed by atoms with E-state index in [0.717, 1.165) is 5.56 Å². The number of hydrogen-bond donors (Lipinski definition) is 2. The molecule has 0 radical (unpaired) electrons. The molecule has 0 aliphatic carbocycles.